The van der Waals surface area contributed by atoms with Gasteiger partial charge in [0.25, 0.3) is 0 Å². The number of allylic oxidation sites excluding steroid dienone is 14. The third kappa shape index (κ3) is 5.78. The van der Waals surface area contributed by atoms with E-state index in [4.69, 9.17) is 0 Å². The largest absolute Gasteiger partial charge is 0.341 e. The summed E-state index contributed by atoms with van der Waals surface area (Å²) in [7, 11) is 0. The van der Waals surface area contributed by atoms with Gasteiger partial charge in [0.15, 0.2) is 0 Å². The maximum Gasteiger partial charge on any atom is 0.0591 e. The van der Waals surface area contributed by atoms with Crippen LogP contribution >= 0.6 is 0 Å². The molecule has 6 aliphatic carbocycles. The lowest BCUT2D eigenvalue weighted by Crippen LogP contribution is -2.33. The Kier molecular flexibility index (Phi) is 9.13. The maximum absolute atomic E-state index is 2.78. The standard InChI is InChI=1S/C49H56N2/c1-3-15-39(34-26-30-36(31-27-34)50-46-22-11-7-18-42(46)43-19-8-12-23-47(43)50)38(4-2)41-17-6-5-16-40(41)35-28-32-37(33-29-35)51-48-24-13-9-20-44(48)45-21-10-14-25-49(45)51/h5-7,9,12-16,18,20,23-26,28,32-33,35-36,38,41,45,49H,3-4,8,10-11,17,19,21-22,27,29-31H2,1-2H3/b39-15-. The molecule has 0 saturated heterocycles. The third-order valence-corrected chi connectivity index (χ3v) is 13.3. The lowest BCUT2D eigenvalue weighted by Gasteiger charge is -2.38. The molecule has 1 aliphatic heterocycles. The van der Waals surface area contributed by atoms with Gasteiger partial charge in [-0.05, 0) is 141 Å². The van der Waals surface area contributed by atoms with Gasteiger partial charge >= 0.3 is 0 Å². The molecular weight excluding hydrogens is 617 g/mol. The van der Waals surface area contributed by atoms with Gasteiger partial charge in [-0.15, -0.1) is 0 Å². The van der Waals surface area contributed by atoms with E-state index in [1.54, 1.807) is 33.5 Å². The van der Waals surface area contributed by atoms with Gasteiger partial charge in [-0.1, -0.05) is 111 Å². The summed E-state index contributed by atoms with van der Waals surface area (Å²) in [5, 5.41) is 0. The van der Waals surface area contributed by atoms with Crippen molar-refractivity contribution < 1.29 is 0 Å². The van der Waals surface area contributed by atoms with Crippen molar-refractivity contribution in [3.63, 3.8) is 0 Å². The zero-order valence-electron chi connectivity index (χ0n) is 30.9. The van der Waals surface area contributed by atoms with Gasteiger partial charge in [0.05, 0.1) is 6.04 Å². The topological polar surface area (TPSA) is 8.17 Å². The summed E-state index contributed by atoms with van der Waals surface area (Å²) in [4.78, 5) is 2.64. The molecule has 6 atom stereocenters. The highest BCUT2D eigenvalue weighted by Gasteiger charge is 2.40. The molecule has 0 bridgehead atoms. The van der Waals surface area contributed by atoms with Crippen LogP contribution in [0.4, 0.5) is 5.69 Å². The van der Waals surface area contributed by atoms with Crippen molar-refractivity contribution in [3.8, 4) is 0 Å². The Morgan fingerprint density at radius 3 is 2.61 bits per heavy atom. The summed E-state index contributed by atoms with van der Waals surface area (Å²) >= 11 is 0. The van der Waals surface area contributed by atoms with E-state index in [1.165, 1.54) is 80.4 Å². The van der Waals surface area contributed by atoms with Crippen molar-refractivity contribution in [2.45, 2.75) is 115 Å². The first kappa shape index (κ1) is 32.8. The molecule has 1 aromatic carbocycles. The molecule has 51 heavy (non-hydrogen) atoms. The first-order valence-corrected chi connectivity index (χ1v) is 20.5. The molecule has 0 amide bonds. The van der Waals surface area contributed by atoms with Gasteiger partial charge in [0.1, 0.15) is 0 Å². The van der Waals surface area contributed by atoms with Crippen LogP contribution < -0.4 is 4.90 Å². The molecule has 6 unspecified atom stereocenters. The van der Waals surface area contributed by atoms with Crippen molar-refractivity contribution in [3.05, 3.63) is 148 Å². The molecule has 0 saturated carbocycles. The minimum atomic E-state index is 0.449. The Labute approximate surface area is 307 Å². The van der Waals surface area contributed by atoms with Crippen LogP contribution in [0.15, 0.2) is 120 Å². The van der Waals surface area contributed by atoms with E-state index in [0.29, 0.717) is 35.8 Å². The summed E-state index contributed by atoms with van der Waals surface area (Å²) in [6, 6.07) is 10.2. The Morgan fingerprint density at radius 1 is 0.863 bits per heavy atom. The summed E-state index contributed by atoms with van der Waals surface area (Å²) in [5.41, 5.74) is 15.6. The van der Waals surface area contributed by atoms with Crippen molar-refractivity contribution in [2.75, 3.05) is 4.90 Å². The van der Waals surface area contributed by atoms with Crippen LogP contribution in [0.2, 0.25) is 0 Å². The Balaban J connectivity index is 0.950. The van der Waals surface area contributed by atoms with Gasteiger partial charge in [0.2, 0.25) is 0 Å². The molecule has 0 spiro atoms. The predicted molar refractivity (Wildman–Crippen MR) is 217 cm³/mol. The SMILES string of the molecule is CC/C=C(/C1=CCC(n2c3c(c4c2CCC=C4)CCC=C3)CC1)C(CC)C1CC=CC=C1C1C=CC(N2c3ccccc3C3CCC=CC32)=CC1. The number of rotatable bonds is 8. The lowest BCUT2D eigenvalue weighted by atomic mass is 9.68. The zero-order valence-corrected chi connectivity index (χ0v) is 30.9. The molecule has 7 aliphatic rings. The Morgan fingerprint density at radius 2 is 1.76 bits per heavy atom. The van der Waals surface area contributed by atoms with Gasteiger partial charge in [-0.2, -0.15) is 0 Å². The van der Waals surface area contributed by atoms with Crippen LogP contribution in [0.1, 0.15) is 125 Å². The molecule has 2 heteroatoms. The van der Waals surface area contributed by atoms with E-state index in [0.717, 1.165) is 25.7 Å². The van der Waals surface area contributed by atoms with Crippen LogP contribution in [0, 0.1) is 17.8 Å². The molecule has 1 aromatic heterocycles. The van der Waals surface area contributed by atoms with E-state index in [9.17, 15) is 0 Å². The quantitative estimate of drug-likeness (QED) is 0.253. The molecule has 9 rings (SSSR count). The van der Waals surface area contributed by atoms with Crippen molar-refractivity contribution >= 4 is 17.8 Å². The van der Waals surface area contributed by atoms with E-state index >= 15 is 0 Å². The van der Waals surface area contributed by atoms with Crippen molar-refractivity contribution in [2.24, 2.45) is 17.8 Å². The number of aromatic nitrogens is 1. The van der Waals surface area contributed by atoms with Gasteiger partial charge < -0.3 is 9.47 Å². The minimum absolute atomic E-state index is 0.449. The van der Waals surface area contributed by atoms with Gasteiger partial charge in [0, 0.05) is 40.6 Å². The highest BCUT2D eigenvalue weighted by atomic mass is 15.2. The Hall–Kier alpha value is -4.04. The highest BCUT2D eigenvalue weighted by molar-refractivity contribution is 5.70. The average molecular weight is 673 g/mol. The number of fused-ring (bicyclic) bond motifs is 6. The monoisotopic (exact) mass is 672 g/mol. The number of para-hydroxylation sites is 1. The maximum atomic E-state index is 2.78. The second-order valence-electron chi connectivity index (χ2n) is 16.0. The second kappa shape index (κ2) is 14.2. The van der Waals surface area contributed by atoms with E-state index < -0.39 is 0 Å². The minimum Gasteiger partial charge on any atom is -0.341 e. The number of nitrogens with zero attached hydrogens (tertiary/aromatic N) is 2. The molecule has 0 N–H and O–H groups in total. The summed E-state index contributed by atoms with van der Waals surface area (Å²) in [6.07, 6.45) is 50.0. The lowest BCUT2D eigenvalue weighted by molar-refractivity contribution is 0.386. The van der Waals surface area contributed by atoms with E-state index in [-0.39, 0.29) is 0 Å². The van der Waals surface area contributed by atoms with Crippen LogP contribution in [0.5, 0.6) is 0 Å². The fourth-order valence-corrected chi connectivity index (χ4v) is 11.1. The fraction of sp³-hybridized carbons (Fsp3) is 0.429. The molecule has 0 fully saturated rings. The fourth-order valence-electron chi connectivity index (χ4n) is 11.1. The molecule has 0 radical (unpaired) electrons. The molecule has 262 valence electrons. The number of anilines is 1. The second-order valence-corrected chi connectivity index (χ2v) is 16.0. The first-order valence-electron chi connectivity index (χ1n) is 20.5. The number of hydrogen-bond donors (Lipinski definition) is 0. The van der Waals surface area contributed by atoms with Crippen molar-refractivity contribution in [1.29, 1.82) is 0 Å². The van der Waals surface area contributed by atoms with E-state index in [1.807, 2.05) is 0 Å². The first-order chi connectivity index (χ1) is 25.2. The van der Waals surface area contributed by atoms with Crippen molar-refractivity contribution in [1.82, 2.24) is 4.57 Å². The smallest absolute Gasteiger partial charge is 0.0591 e. The summed E-state index contributed by atoms with van der Waals surface area (Å²) in [5.74, 6) is 2.19. The molecule has 2 aromatic rings. The Bertz CT molecular complexity index is 1940. The molecular formula is C49H56N2. The molecule has 2 heterocycles. The van der Waals surface area contributed by atoms with Crippen LogP contribution in [-0.2, 0) is 12.8 Å². The number of hydrogen-bond acceptors (Lipinski definition) is 1. The number of benzene rings is 1. The van der Waals surface area contributed by atoms with Crippen LogP contribution in [0.25, 0.3) is 12.2 Å². The third-order valence-electron chi connectivity index (χ3n) is 13.3. The highest BCUT2D eigenvalue weighted by Crippen LogP contribution is 2.50. The summed E-state index contributed by atoms with van der Waals surface area (Å²) in [6.45, 7) is 4.79. The van der Waals surface area contributed by atoms with Gasteiger partial charge in [-0.3, -0.25) is 0 Å². The predicted octanol–water partition coefficient (Wildman–Crippen LogP) is 12.7. The average Bonchev–Trinajstić information content (AvgIpc) is 3.71. The van der Waals surface area contributed by atoms with Crippen LogP contribution in [-0.4, -0.2) is 10.6 Å². The molecule has 2 nitrogen and oxygen atoms in total. The van der Waals surface area contributed by atoms with Gasteiger partial charge in [-0.25, -0.2) is 0 Å². The van der Waals surface area contributed by atoms with Crippen LogP contribution in [0.3, 0.4) is 0 Å². The van der Waals surface area contributed by atoms with E-state index in [2.05, 4.69) is 133 Å². The zero-order chi connectivity index (χ0) is 34.3. The summed E-state index contributed by atoms with van der Waals surface area (Å²) < 4.78 is 2.78. The normalized spacial score (nSPS) is 28.4.